The predicted octanol–water partition coefficient (Wildman–Crippen LogP) is 3.74. The van der Waals surface area contributed by atoms with E-state index in [0.717, 1.165) is 66.7 Å². The minimum Gasteiger partial charge on any atom is -0.306 e. The number of nitrogens with zero attached hydrogens (tertiary/aromatic N) is 4. The average molecular weight is 477 g/mol. The highest BCUT2D eigenvalue weighted by Gasteiger charge is 2.34. The second kappa shape index (κ2) is 8.36. The number of para-hydroxylation sites is 1. The Kier molecular flexibility index (Phi) is 5.30. The summed E-state index contributed by atoms with van der Waals surface area (Å²) in [5, 5.41) is 4.76. The van der Waals surface area contributed by atoms with Gasteiger partial charge in [0, 0.05) is 36.6 Å². The van der Waals surface area contributed by atoms with Crippen molar-refractivity contribution >= 4 is 21.6 Å². The number of carbonyl (C=O) groups excluding carboxylic acids is 1. The van der Waals surface area contributed by atoms with Crippen molar-refractivity contribution in [2.75, 3.05) is 24.5 Å². The van der Waals surface area contributed by atoms with Crippen molar-refractivity contribution in [1.29, 1.82) is 0 Å². The molecule has 1 amide bonds. The molecule has 2 aliphatic heterocycles. The molecule has 6 rings (SSSR count). The molecule has 1 fully saturated rings. The number of amides is 1. The van der Waals surface area contributed by atoms with Crippen LogP contribution in [0.15, 0.2) is 53.4 Å². The number of rotatable bonds is 4. The third-order valence-electron chi connectivity index (χ3n) is 7.28. The van der Waals surface area contributed by atoms with Crippen LogP contribution in [0.3, 0.4) is 0 Å². The van der Waals surface area contributed by atoms with E-state index >= 15 is 0 Å². The molecule has 0 unspecified atom stereocenters. The lowest BCUT2D eigenvalue weighted by molar-refractivity contribution is 0.0983. The normalized spacial score (nSPS) is 18.2. The van der Waals surface area contributed by atoms with Crippen molar-refractivity contribution in [3.05, 3.63) is 71.0 Å². The minimum atomic E-state index is -3.49. The van der Waals surface area contributed by atoms with Gasteiger partial charge in [0.25, 0.3) is 5.91 Å². The lowest BCUT2D eigenvalue weighted by atomic mass is 10.1. The van der Waals surface area contributed by atoms with E-state index in [1.165, 1.54) is 0 Å². The van der Waals surface area contributed by atoms with Gasteiger partial charge in [0.2, 0.25) is 10.0 Å². The first-order chi connectivity index (χ1) is 16.5. The zero-order valence-corrected chi connectivity index (χ0v) is 19.9. The number of hydrogen-bond donors (Lipinski definition) is 0. The molecule has 7 nitrogen and oxygen atoms in total. The molecule has 34 heavy (non-hydrogen) atoms. The van der Waals surface area contributed by atoms with Gasteiger partial charge in [-0.15, -0.1) is 0 Å². The quantitative estimate of drug-likeness (QED) is 0.575. The molecule has 0 spiro atoms. The van der Waals surface area contributed by atoms with Crippen molar-refractivity contribution in [3.8, 4) is 5.69 Å². The highest BCUT2D eigenvalue weighted by molar-refractivity contribution is 7.89. The average Bonchev–Trinajstić information content (AvgIpc) is 3.59. The molecule has 0 N–H and O–H groups in total. The van der Waals surface area contributed by atoms with Gasteiger partial charge >= 0.3 is 0 Å². The number of piperidine rings is 1. The van der Waals surface area contributed by atoms with Crippen LogP contribution in [-0.2, 0) is 29.3 Å². The molecule has 176 valence electrons. The number of aromatic nitrogens is 2. The summed E-state index contributed by atoms with van der Waals surface area (Å²) >= 11 is 0. The van der Waals surface area contributed by atoms with Crippen LogP contribution in [0.5, 0.6) is 0 Å². The third-order valence-corrected chi connectivity index (χ3v) is 9.17. The van der Waals surface area contributed by atoms with Crippen molar-refractivity contribution < 1.29 is 13.2 Å². The predicted molar refractivity (Wildman–Crippen MR) is 130 cm³/mol. The summed E-state index contributed by atoms with van der Waals surface area (Å²) in [4.78, 5) is 15.8. The molecule has 1 aromatic heterocycles. The van der Waals surface area contributed by atoms with E-state index in [1.54, 1.807) is 27.4 Å². The van der Waals surface area contributed by atoms with Gasteiger partial charge in [-0.3, -0.25) is 4.79 Å². The number of anilines is 1. The van der Waals surface area contributed by atoms with Gasteiger partial charge in [-0.05, 0) is 74.4 Å². The fourth-order valence-corrected chi connectivity index (χ4v) is 7.09. The Bertz CT molecular complexity index is 1360. The first-order valence-electron chi connectivity index (χ1n) is 12.2. The van der Waals surface area contributed by atoms with Crippen LogP contribution in [-0.4, -0.2) is 48.0 Å². The molecule has 0 atom stereocenters. The monoisotopic (exact) mass is 476 g/mol. The molecule has 3 aliphatic rings. The summed E-state index contributed by atoms with van der Waals surface area (Å²) in [6, 6.07) is 15.2. The molecule has 1 saturated heterocycles. The molecule has 3 aromatic rings. The van der Waals surface area contributed by atoms with Crippen LogP contribution in [0, 0.1) is 0 Å². The largest absolute Gasteiger partial charge is 0.306 e. The van der Waals surface area contributed by atoms with Crippen molar-refractivity contribution in [1.82, 2.24) is 14.1 Å². The van der Waals surface area contributed by atoms with Gasteiger partial charge in [-0.1, -0.05) is 24.6 Å². The number of carbonyl (C=O) groups is 1. The fourth-order valence-electron chi connectivity index (χ4n) is 5.52. The Hall–Kier alpha value is -2.97. The summed E-state index contributed by atoms with van der Waals surface area (Å²) in [5.41, 5.74) is 5.36. The first kappa shape index (κ1) is 21.6. The summed E-state index contributed by atoms with van der Waals surface area (Å²) < 4.78 is 29.8. The second-order valence-corrected chi connectivity index (χ2v) is 11.3. The van der Waals surface area contributed by atoms with Gasteiger partial charge in [0.1, 0.15) is 0 Å². The minimum absolute atomic E-state index is 0.0989. The maximum absolute atomic E-state index is 13.7. The standard InChI is InChI=1S/C26H28N4O3S/c31-26(25-22-10-7-11-24(22)30(27-25)20-8-3-1-4-9-20)29-17-14-19-18-21(12-13-23(19)29)34(32,33)28-15-5-2-6-16-28/h1,3-4,8-9,12-13,18H,2,5-7,10-11,14-17H2. The Morgan fingerprint density at radius 2 is 1.65 bits per heavy atom. The summed E-state index contributed by atoms with van der Waals surface area (Å²) in [5.74, 6) is -0.0989. The van der Waals surface area contributed by atoms with Crippen LogP contribution < -0.4 is 4.90 Å². The summed E-state index contributed by atoms with van der Waals surface area (Å²) in [6.07, 6.45) is 6.34. The maximum atomic E-state index is 13.7. The highest BCUT2D eigenvalue weighted by atomic mass is 32.2. The fraction of sp³-hybridized carbons (Fsp3) is 0.385. The van der Waals surface area contributed by atoms with E-state index in [-0.39, 0.29) is 5.91 Å². The van der Waals surface area contributed by atoms with E-state index in [2.05, 4.69) is 0 Å². The third kappa shape index (κ3) is 3.47. The molecule has 3 heterocycles. The van der Waals surface area contributed by atoms with E-state index in [0.29, 0.717) is 36.6 Å². The van der Waals surface area contributed by atoms with E-state index in [9.17, 15) is 13.2 Å². The van der Waals surface area contributed by atoms with Gasteiger partial charge in [-0.2, -0.15) is 9.40 Å². The second-order valence-electron chi connectivity index (χ2n) is 9.34. The first-order valence-corrected chi connectivity index (χ1v) is 13.6. The van der Waals surface area contributed by atoms with Crippen LogP contribution in [0.4, 0.5) is 5.69 Å². The van der Waals surface area contributed by atoms with E-state index in [1.807, 2.05) is 35.0 Å². The summed E-state index contributed by atoms with van der Waals surface area (Å²) in [6.45, 7) is 1.70. The highest BCUT2D eigenvalue weighted by Crippen LogP contribution is 2.35. The molecule has 0 radical (unpaired) electrons. The molecular weight excluding hydrogens is 448 g/mol. The topological polar surface area (TPSA) is 75.5 Å². The maximum Gasteiger partial charge on any atom is 0.279 e. The van der Waals surface area contributed by atoms with Gasteiger partial charge in [-0.25, -0.2) is 13.1 Å². The molecule has 8 heteroatoms. The molecule has 0 saturated carbocycles. The van der Waals surface area contributed by atoms with E-state index in [4.69, 9.17) is 5.10 Å². The number of sulfonamides is 1. The van der Waals surface area contributed by atoms with Crippen molar-refractivity contribution in [2.24, 2.45) is 0 Å². The summed E-state index contributed by atoms with van der Waals surface area (Å²) in [7, 11) is -3.49. The Morgan fingerprint density at radius 3 is 2.44 bits per heavy atom. The Labute approximate surface area is 200 Å². The van der Waals surface area contributed by atoms with Crippen LogP contribution in [0.25, 0.3) is 5.69 Å². The van der Waals surface area contributed by atoms with Crippen LogP contribution >= 0.6 is 0 Å². The van der Waals surface area contributed by atoms with Crippen molar-refractivity contribution in [2.45, 2.75) is 49.8 Å². The van der Waals surface area contributed by atoms with Gasteiger partial charge in [0.05, 0.1) is 10.6 Å². The van der Waals surface area contributed by atoms with Crippen LogP contribution in [0.1, 0.15) is 53.0 Å². The van der Waals surface area contributed by atoms with Gasteiger partial charge < -0.3 is 4.90 Å². The van der Waals surface area contributed by atoms with Crippen molar-refractivity contribution in [3.63, 3.8) is 0 Å². The zero-order valence-electron chi connectivity index (χ0n) is 19.1. The van der Waals surface area contributed by atoms with Gasteiger partial charge in [0.15, 0.2) is 5.69 Å². The Morgan fingerprint density at radius 1 is 0.853 bits per heavy atom. The lowest BCUT2D eigenvalue weighted by Gasteiger charge is -2.26. The number of hydrogen-bond acceptors (Lipinski definition) is 4. The molecular formula is C26H28N4O3S. The van der Waals surface area contributed by atoms with Crippen LogP contribution in [0.2, 0.25) is 0 Å². The lowest BCUT2D eigenvalue weighted by Crippen LogP contribution is -2.35. The SMILES string of the molecule is O=C(c1nn(-c2ccccc2)c2c1CCC2)N1CCc2cc(S(=O)(=O)N3CCCCC3)ccc21. The van der Waals surface area contributed by atoms with E-state index < -0.39 is 10.0 Å². The number of benzene rings is 2. The molecule has 2 aromatic carbocycles. The molecule has 1 aliphatic carbocycles. The Balaban J connectivity index is 1.31. The molecule has 0 bridgehead atoms. The number of fused-ring (bicyclic) bond motifs is 2. The smallest absolute Gasteiger partial charge is 0.279 e. The zero-order chi connectivity index (χ0) is 23.3.